The summed E-state index contributed by atoms with van der Waals surface area (Å²) in [5.41, 5.74) is -0.157. The van der Waals surface area contributed by atoms with Crippen molar-refractivity contribution >= 4 is 11.9 Å². The highest BCUT2D eigenvalue weighted by Gasteiger charge is 2.23. The summed E-state index contributed by atoms with van der Waals surface area (Å²) in [7, 11) is 0. The van der Waals surface area contributed by atoms with Crippen molar-refractivity contribution < 1.29 is 32.6 Å². The fourth-order valence-corrected chi connectivity index (χ4v) is 2.18. The van der Waals surface area contributed by atoms with Crippen molar-refractivity contribution in [2.24, 2.45) is 0 Å². The van der Waals surface area contributed by atoms with Crippen LogP contribution in [0.2, 0.25) is 0 Å². The molecule has 0 aromatic heterocycles. The monoisotopic (exact) mass is 329 g/mol. The van der Waals surface area contributed by atoms with Crippen molar-refractivity contribution in [1.82, 2.24) is 4.90 Å². The minimum Gasteiger partial charge on any atom is -0.452 e. The molecule has 6 nitrogen and oxygen atoms in total. The van der Waals surface area contributed by atoms with Gasteiger partial charge in [-0.15, -0.1) is 0 Å². The van der Waals surface area contributed by atoms with Crippen molar-refractivity contribution in [2.75, 3.05) is 26.3 Å². The van der Waals surface area contributed by atoms with E-state index in [0.717, 1.165) is 0 Å². The van der Waals surface area contributed by atoms with Gasteiger partial charge in [0.15, 0.2) is 6.61 Å². The number of nitrogens with zero attached hydrogens (tertiary/aromatic N) is 1. The summed E-state index contributed by atoms with van der Waals surface area (Å²) in [5, 5.41) is 0. The van der Waals surface area contributed by atoms with Gasteiger partial charge in [0.25, 0.3) is 5.91 Å². The molecule has 126 valence electrons. The number of benzene rings is 1. The lowest BCUT2D eigenvalue weighted by atomic mass is 10.2. The number of amides is 1. The quantitative estimate of drug-likeness (QED) is 0.769. The van der Waals surface area contributed by atoms with E-state index in [2.05, 4.69) is 4.74 Å². The summed E-state index contributed by atoms with van der Waals surface area (Å²) in [6.45, 7) is -0.419. The molecule has 1 heterocycles. The Morgan fingerprint density at radius 2 is 2.13 bits per heavy atom. The van der Waals surface area contributed by atoms with Crippen LogP contribution >= 0.6 is 0 Å². The Labute approximate surface area is 131 Å². The number of morpholine rings is 1. The Kier molecular flexibility index (Phi) is 5.86. The van der Waals surface area contributed by atoms with Gasteiger partial charge in [-0.1, -0.05) is 12.1 Å². The second-order valence-corrected chi connectivity index (χ2v) is 4.97. The van der Waals surface area contributed by atoms with Crippen LogP contribution in [-0.2, 0) is 14.3 Å². The van der Waals surface area contributed by atoms with Crippen molar-refractivity contribution in [2.45, 2.75) is 19.6 Å². The van der Waals surface area contributed by atoms with E-state index in [-0.39, 0.29) is 23.3 Å². The van der Waals surface area contributed by atoms with Crippen LogP contribution in [0, 0.1) is 0 Å². The minimum atomic E-state index is -3.06. The van der Waals surface area contributed by atoms with E-state index in [1.54, 1.807) is 0 Å². The molecular weight excluding hydrogens is 312 g/mol. The molecule has 0 N–H and O–H groups in total. The zero-order valence-corrected chi connectivity index (χ0v) is 12.5. The molecule has 23 heavy (non-hydrogen) atoms. The molecule has 0 saturated carbocycles. The van der Waals surface area contributed by atoms with Crippen LogP contribution in [0.5, 0.6) is 5.75 Å². The fraction of sp³-hybridized carbons (Fsp3) is 0.467. The summed E-state index contributed by atoms with van der Waals surface area (Å²) in [5.74, 6) is -1.54. The zero-order valence-electron chi connectivity index (χ0n) is 12.5. The molecule has 8 heteroatoms. The number of hydrogen-bond donors (Lipinski definition) is 0. The van der Waals surface area contributed by atoms with Crippen LogP contribution in [-0.4, -0.2) is 55.8 Å². The molecule has 1 saturated heterocycles. The van der Waals surface area contributed by atoms with Gasteiger partial charge in [0.1, 0.15) is 11.3 Å². The molecule has 1 atom stereocenters. The Morgan fingerprint density at radius 3 is 2.83 bits per heavy atom. The van der Waals surface area contributed by atoms with Crippen LogP contribution < -0.4 is 4.74 Å². The van der Waals surface area contributed by atoms with Crippen LogP contribution in [0.4, 0.5) is 8.78 Å². The van der Waals surface area contributed by atoms with Gasteiger partial charge in [-0.25, -0.2) is 4.79 Å². The lowest BCUT2D eigenvalue weighted by molar-refractivity contribution is -0.141. The second kappa shape index (κ2) is 7.87. The fourth-order valence-electron chi connectivity index (χ4n) is 2.18. The van der Waals surface area contributed by atoms with Gasteiger partial charge in [-0.05, 0) is 19.1 Å². The maximum absolute atomic E-state index is 12.3. The van der Waals surface area contributed by atoms with Crippen molar-refractivity contribution in [3.8, 4) is 5.75 Å². The molecule has 0 bridgehead atoms. The predicted molar refractivity (Wildman–Crippen MR) is 75.4 cm³/mol. The smallest absolute Gasteiger partial charge is 0.387 e. The number of ether oxygens (including phenoxy) is 3. The summed E-state index contributed by atoms with van der Waals surface area (Å²) in [4.78, 5) is 25.5. The van der Waals surface area contributed by atoms with Crippen molar-refractivity contribution in [3.63, 3.8) is 0 Å². The molecule has 1 aliphatic heterocycles. The molecule has 0 aliphatic carbocycles. The molecular formula is C15H17F2NO5. The number of esters is 1. The number of carbonyl (C=O) groups is 2. The molecule has 0 spiro atoms. The average Bonchev–Trinajstić information content (AvgIpc) is 2.52. The van der Waals surface area contributed by atoms with E-state index in [0.29, 0.717) is 19.7 Å². The number of para-hydroxylation sites is 1. The average molecular weight is 329 g/mol. The van der Waals surface area contributed by atoms with Gasteiger partial charge < -0.3 is 19.1 Å². The van der Waals surface area contributed by atoms with Crippen molar-refractivity contribution in [3.05, 3.63) is 29.8 Å². The number of rotatable bonds is 5. The number of halogens is 2. The first-order chi connectivity index (χ1) is 11.0. The normalized spacial score (nSPS) is 17.9. The molecule has 1 amide bonds. The summed E-state index contributed by atoms with van der Waals surface area (Å²) < 4.78 is 39.1. The maximum Gasteiger partial charge on any atom is 0.387 e. The van der Waals surface area contributed by atoms with Gasteiger partial charge >= 0.3 is 12.6 Å². The lowest BCUT2D eigenvalue weighted by Crippen LogP contribution is -2.46. The first kappa shape index (κ1) is 17.1. The van der Waals surface area contributed by atoms with E-state index in [9.17, 15) is 18.4 Å². The highest BCUT2D eigenvalue weighted by atomic mass is 19.3. The van der Waals surface area contributed by atoms with Gasteiger partial charge in [0, 0.05) is 13.1 Å². The van der Waals surface area contributed by atoms with Crippen molar-refractivity contribution in [1.29, 1.82) is 0 Å². The summed E-state index contributed by atoms with van der Waals surface area (Å²) in [6, 6.07) is 5.46. The minimum absolute atomic E-state index is 0.0800. The van der Waals surface area contributed by atoms with Gasteiger partial charge in [0.2, 0.25) is 0 Å². The molecule has 1 aromatic carbocycles. The Morgan fingerprint density at radius 1 is 1.39 bits per heavy atom. The predicted octanol–water partition coefficient (Wildman–Crippen LogP) is 1.69. The van der Waals surface area contributed by atoms with E-state index >= 15 is 0 Å². The third-order valence-corrected chi connectivity index (χ3v) is 3.24. The Bertz CT molecular complexity index is 567. The standard InChI is InChI=1S/C15H17F2NO5/c1-10-8-18(6-7-21-10)13(19)9-22-14(20)11-4-2-3-5-12(11)23-15(16)17/h2-5,10,15H,6-9H2,1H3. The molecule has 0 radical (unpaired) electrons. The maximum atomic E-state index is 12.3. The second-order valence-electron chi connectivity index (χ2n) is 4.97. The highest BCUT2D eigenvalue weighted by molar-refractivity contribution is 5.94. The lowest BCUT2D eigenvalue weighted by Gasteiger charge is -2.30. The zero-order chi connectivity index (χ0) is 16.8. The number of hydrogen-bond acceptors (Lipinski definition) is 5. The number of alkyl halides is 2. The van der Waals surface area contributed by atoms with Crippen LogP contribution in [0.3, 0.4) is 0 Å². The van der Waals surface area contributed by atoms with E-state index in [4.69, 9.17) is 9.47 Å². The van der Waals surface area contributed by atoms with Crippen LogP contribution in [0.1, 0.15) is 17.3 Å². The first-order valence-electron chi connectivity index (χ1n) is 7.07. The number of carbonyl (C=O) groups excluding carboxylic acids is 2. The summed E-state index contributed by atoms with van der Waals surface area (Å²) in [6.07, 6.45) is -0.0800. The Balaban J connectivity index is 1.93. The van der Waals surface area contributed by atoms with Gasteiger partial charge in [0.05, 0.1) is 12.7 Å². The van der Waals surface area contributed by atoms with E-state index in [1.165, 1.54) is 29.2 Å². The molecule has 2 rings (SSSR count). The van der Waals surface area contributed by atoms with E-state index in [1.807, 2.05) is 6.92 Å². The van der Waals surface area contributed by atoms with Gasteiger partial charge in [-0.3, -0.25) is 4.79 Å². The highest BCUT2D eigenvalue weighted by Crippen LogP contribution is 2.21. The third-order valence-electron chi connectivity index (χ3n) is 3.24. The first-order valence-corrected chi connectivity index (χ1v) is 7.07. The topological polar surface area (TPSA) is 65.1 Å². The Hall–Kier alpha value is -2.22. The van der Waals surface area contributed by atoms with Gasteiger partial charge in [-0.2, -0.15) is 8.78 Å². The van der Waals surface area contributed by atoms with Crippen LogP contribution in [0.25, 0.3) is 0 Å². The molecule has 1 aromatic rings. The SMILES string of the molecule is CC1CN(C(=O)COC(=O)c2ccccc2OC(F)F)CCO1. The largest absolute Gasteiger partial charge is 0.452 e. The molecule has 1 unspecified atom stereocenters. The molecule has 1 fully saturated rings. The third kappa shape index (κ3) is 4.88. The van der Waals surface area contributed by atoms with E-state index < -0.39 is 19.2 Å². The summed E-state index contributed by atoms with van der Waals surface area (Å²) >= 11 is 0. The van der Waals surface area contributed by atoms with Crippen LogP contribution in [0.15, 0.2) is 24.3 Å². The molecule has 1 aliphatic rings.